The average Bonchev–Trinajstić information content (AvgIpc) is 1.31. The van der Waals surface area contributed by atoms with Gasteiger partial charge in [-0.15, -0.1) is 0 Å². The Morgan fingerprint density at radius 1 is 1.71 bits per heavy atom. The van der Waals surface area contributed by atoms with Crippen LogP contribution in [0.15, 0.2) is 0 Å². The minimum atomic E-state index is -0.252. The summed E-state index contributed by atoms with van der Waals surface area (Å²) in [5.74, 6) is 0. The van der Waals surface area contributed by atoms with Gasteiger partial charge in [-0.25, -0.2) is 0 Å². The molecule has 0 atom stereocenters. The Bertz CT molecular complexity index is 84.2. The molecule has 0 unspecified atom stereocenters. The molecule has 7 heavy (non-hydrogen) atoms. The quantitative estimate of drug-likeness (QED) is 0.407. The lowest BCUT2D eigenvalue weighted by molar-refractivity contribution is -0.111. The highest BCUT2D eigenvalue weighted by atomic mass is 127. The van der Waals surface area contributed by atoms with Crippen LogP contribution in [0, 0.1) is 0 Å². The summed E-state index contributed by atoms with van der Waals surface area (Å²) >= 11 is 4.92. The molecule has 0 aromatic heterocycles. The van der Waals surface area contributed by atoms with Gasteiger partial charge in [-0.3, -0.25) is 4.79 Å². The zero-order valence-electron chi connectivity index (χ0n) is 4.16. The van der Waals surface area contributed by atoms with Gasteiger partial charge in [-0.1, -0.05) is 22.6 Å². The summed E-state index contributed by atoms with van der Waals surface area (Å²) in [6.45, 7) is 3.70. The number of rotatable bonds is 1. The van der Waals surface area contributed by atoms with Gasteiger partial charge in [0.2, 0.25) is 4.69 Å². The van der Waals surface area contributed by atoms with Crippen LogP contribution < -0.4 is 0 Å². The van der Waals surface area contributed by atoms with Crippen LogP contribution in [-0.2, 0) is 4.79 Å². The standard InChI is InChI=1S/C4H6BrIO/c1-4(2,6)3(5)7/h1-2H3. The Morgan fingerprint density at radius 2 is 1.86 bits per heavy atom. The zero-order valence-corrected chi connectivity index (χ0v) is 7.91. The molecule has 0 saturated heterocycles. The molecule has 0 bridgehead atoms. The van der Waals surface area contributed by atoms with Gasteiger partial charge in [0, 0.05) is 0 Å². The van der Waals surface area contributed by atoms with E-state index >= 15 is 0 Å². The molecule has 0 amide bonds. The SMILES string of the molecule is CC(C)(I)C(=O)Br. The first-order chi connectivity index (χ1) is 2.94. The fourth-order valence-electron chi connectivity index (χ4n) is 0. The van der Waals surface area contributed by atoms with Gasteiger partial charge in [-0.05, 0) is 29.8 Å². The Kier molecular flexibility index (Phi) is 2.74. The van der Waals surface area contributed by atoms with E-state index in [0.29, 0.717) is 0 Å². The van der Waals surface area contributed by atoms with E-state index in [1.165, 1.54) is 0 Å². The average molecular weight is 277 g/mol. The first-order valence-corrected chi connectivity index (χ1v) is 3.70. The summed E-state index contributed by atoms with van der Waals surface area (Å²) in [6.07, 6.45) is 0. The molecule has 0 aliphatic heterocycles. The van der Waals surface area contributed by atoms with Crippen molar-refractivity contribution in [3.8, 4) is 0 Å². The number of hydrogen-bond donors (Lipinski definition) is 0. The number of carbonyl (C=O) groups is 1. The fraction of sp³-hybridized carbons (Fsp3) is 0.750. The Hall–Kier alpha value is 0.880. The van der Waals surface area contributed by atoms with Gasteiger partial charge in [0.15, 0.2) is 0 Å². The molecule has 0 radical (unpaired) electrons. The first-order valence-electron chi connectivity index (χ1n) is 1.83. The summed E-state index contributed by atoms with van der Waals surface area (Å²) in [5, 5.41) is 0. The van der Waals surface area contributed by atoms with E-state index in [1.807, 2.05) is 13.8 Å². The van der Waals surface area contributed by atoms with Crippen LogP contribution >= 0.6 is 38.5 Å². The van der Waals surface area contributed by atoms with Crippen LogP contribution in [-0.4, -0.2) is 8.11 Å². The third-order valence-electron chi connectivity index (χ3n) is 0.467. The van der Waals surface area contributed by atoms with Crippen LogP contribution in [0.4, 0.5) is 0 Å². The van der Waals surface area contributed by atoms with Crippen molar-refractivity contribution in [2.24, 2.45) is 0 Å². The number of carbonyl (C=O) groups excluding carboxylic acids is 1. The normalized spacial score (nSPS) is 11.4. The minimum Gasteiger partial charge on any atom is -0.285 e. The molecular weight excluding hydrogens is 271 g/mol. The van der Waals surface area contributed by atoms with Crippen molar-refractivity contribution >= 4 is 43.2 Å². The van der Waals surface area contributed by atoms with Gasteiger partial charge in [-0.2, -0.15) is 0 Å². The molecule has 0 rings (SSSR count). The monoisotopic (exact) mass is 276 g/mol. The molecule has 0 fully saturated rings. The van der Waals surface area contributed by atoms with E-state index in [2.05, 4.69) is 38.5 Å². The van der Waals surface area contributed by atoms with Gasteiger partial charge >= 0.3 is 0 Å². The van der Waals surface area contributed by atoms with Crippen molar-refractivity contribution < 1.29 is 4.79 Å². The maximum Gasteiger partial charge on any atom is 0.213 e. The number of halogens is 2. The van der Waals surface area contributed by atoms with Crippen molar-refractivity contribution in [3.63, 3.8) is 0 Å². The summed E-state index contributed by atoms with van der Waals surface area (Å²) in [4.78, 5) is 10.4. The molecule has 0 heterocycles. The predicted octanol–water partition coefficient (Wildman–Crippen LogP) is 2.12. The first kappa shape index (κ1) is 7.88. The molecule has 0 saturated carbocycles. The molecule has 1 nitrogen and oxygen atoms in total. The van der Waals surface area contributed by atoms with Crippen molar-refractivity contribution in [1.29, 1.82) is 0 Å². The highest BCUT2D eigenvalue weighted by molar-refractivity contribution is 14.1. The van der Waals surface area contributed by atoms with Crippen LogP contribution in [0.5, 0.6) is 0 Å². The van der Waals surface area contributed by atoms with E-state index in [9.17, 15) is 4.79 Å². The molecule has 0 aromatic rings. The van der Waals surface area contributed by atoms with Gasteiger partial charge in [0.1, 0.15) is 0 Å². The van der Waals surface area contributed by atoms with Crippen molar-refractivity contribution in [2.75, 3.05) is 0 Å². The minimum absolute atomic E-state index is 0.0422. The molecular formula is C4H6BrIO. The zero-order chi connectivity index (χ0) is 6.08. The third kappa shape index (κ3) is 3.46. The Balaban J connectivity index is 3.79. The highest BCUT2D eigenvalue weighted by Gasteiger charge is 2.19. The van der Waals surface area contributed by atoms with Crippen molar-refractivity contribution in [1.82, 2.24) is 0 Å². The maximum atomic E-state index is 10.4. The van der Waals surface area contributed by atoms with E-state index in [0.717, 1.165) is 0 Å². The second-order valence-electron chi connectivity index (χ2n) is 1.75. The third-order valence-corrected chi connectivity index (χ3v) is 2.69. The molecule has 0 aliphatic carbocycles. The van der Waals surface area contributed by atoms with E-state index in [1.54, 1.807) is 0 Å². The lowest BCUT2D eigenvalue weighted by Crippen LogP contribution is -2.16. The second kappa shape index (κ2) is 2.44. The lowest BCUT2D eigenvalue weighted by atomic mass is 10.3. The topological polar surface area (TPSA) is 17.1 Å². The smallest absolute Gasteiger partial charge is 0.213 e. The molecule has 0 aliphatic rings. The molecule has 0 spiro atoms. The Morgan fingerprint density at radius 3 is 1.86 bits per heavy atom. The summed E-state index contributed by atoms with van der Waals surface area (Å²) < 4.78 is -0.210. The summed E-state index contributed by atoms with van der Waals surface area (Å²) in [6, 6.07) is 0. The second-order valence-corrected chi connectivity index (χ2v) is 5.16. The van der Waals surface area contributed by atoms with Crippen LogP contribution in [0.3, 0.4) is 0 Å². The van der Waals surface area contributed by atoms with Crippen LogP contribution in [0.2, 0.25) is 0 Å². The fourth-order valence-corrected chi connectivity index (χ4v) is 0. The van der Waals surface area contributed by atoms with E-state index < -0.39 is 0 Å². The van der Waals surface area contributed by atoms with Crippen LogP contribution in [0.1, 0.15) is 13.8 Å². The molecule has 0 aromatic carbocycles. The molecule has 42 valence electrons. The summed E-state index contributed by atoms with van der Waals surface area (Å²) in [7, 11) is 0. The number of hydrogen-bond acceptors (Lipinski definition) is 1. The highest BCUT2D eigenvalue weighted by Crippen LogP contribution is 2.20. The van der Waals surface area contributed by atoms with E-state index in [4.69, 9.17) is 0 Å². The van der Waals surface area contributed by atoms with Gasteiger partial charge in [0.05, 0.1) is 3.42 Å². The molecule has 0 N–H and O–H groups in total. The predicted molar refractivity (Wildman–Crippen MR) is 42.0 cm³/mol. The van der Waals surface area contributed by atoms with E-state index in [-0.39, 0.29) is 8.11 Å². The van der Waals surface area contributed by atoms with Gasteiger partial charge in [0.25, 0.3) is 0 Å². The van der Waals surface area contributed by atoms with Crippen molar-refractivity contribution in [2.45, 2.75) is 17.3 Å². The molecule has 3 heteroatoms. The number of alkyl halides is 1. The maximum absolute atomic E-state index is 10.4. The largest absolute Gasteiger partial charge is 0.285 e. The van der Waals surface area contributed by atoms with Gasteiger partial charge < -0.3 is 0 Å². The lowest BCUT2D eigenvalue weighted by Gasteiger charge is -2.06. The Labute approximate surface area is 65.1 Å². The van der Waals surface area contributed by atoms with Crippen LogP contribution in [0.25, 0.3) is 0 Å². The van der Waals surface area contributed by atoms with Crippen molar-refractivity contribution in [3.05, 3.63) is 0 Å². The summed E-state index contributed by atoms with van der Waals surface area (Å²) in [5.41, 5.74) is 0.